The van der Waals surface area contributed by atoms with Gasteiger partial charge in [0.15, 0.2) is 0 Å². The maximum absolute atomic E-state index is 11.8. The highest BCUT2D eigenvalue weighted by molar-refractivity contribution is 7.87. The Morgan fingerprint density at radius 3 is 2.28 bits per heavy atom. The second-order valence-electron chi connectivity index (χ2n) is 3.62. The summed E-state index contributed by atoms with van der Waals surface area (Å²) in [7, 11) is -4.01. The van der Waals surface area contributed by atoms with Crippen molar-refractivity contribution in [1.29, 1.82) is 0 Å². The van der Waals surface area contributed by atoms with Gasteiger partial charge in [-0.05, 0) is 0 Å². The number of nitrogens with one attached hydrogen (secondary N) is 1. The molecule has 0 amide bonds. The molecule has 104 valence electrons. The van der Waals surface area contributed by atoms with Crippen LogP contribution in [0.2, 0.25) is 0 Å². The average Bonchev–Trinajstić information content (AvgIpc) is 2.28. The lowest BCUT2D eigenvalue weighted by molar-refractivity contribution is -0.145. The topological polar surface area (TPSA) is 133 Å². The Morgan fingerprint density at radius 1 is 1.28 bits per heavy atom. The molecule has 9 nitrogen and oxygen atoms in total. The smallest absolute Gasteiger partial charge is 0.322 e. The minimum absolute atomic E-state index is 0.106. The zero-order chi connectivity index (χ0) is 13.8. The zero-order valence-electron chi connectivity index (χ0n) is 9.40. The van der Waals surface area contributed by atoms with Crippen molar-refractivity contribution in [3.05, 3.63) is 0 Å². The van der Waals surface area contributed by atoms with Gasteiger partial charge in [-0.15, -0.1) is 0 Å². The van der Waals surface area contributed by atoms with E-state index in [0.717, 1.165) is 4.31 Å². The van der Waals surface area contributed by atoms with Crippen LogP contribution < -0.4 is 4.72 Å². The summed E-state index contributed by atoms with van der Waals surface area (Å²) in [6, 6.07) is -1.68. The van der Waals surface area contributed by atoms with Crippen molar-refractivity contribution in [1.82, 2.24) is 9.03 Å². The van der Waals surface area contributed by atoms with Gasteiger partial charge in [0.1, 0.15) is 6.04 Å². The molecular weight excluding hydrogens is 268 g/mol. The van der Waals surface area contributed by atoms with Gasteiger partial charge in [0.2, 0.25) is 0 Å². The van der Waals surface area contributed by atoms with Crippen LogP contribution in [0.25, 0.3) is 0 Å². The highest BCUT2D eigenvalue weighted by atomic mass is 32.2. The number of carboxylic acid groups (broad SMARTS) is 2. The molecule has 0 aliphatic carbocycles. The monoisotopic (exact) mass is 282 g/mol. The summed E-state index contributed by atoms with van der Waals surface area (Å²) in [6.07, 6.45) is -0.821. The Morgan fingerprint density at radius 2 is 1.83 bits per heavy atom. The molecule has 0 radical (unpaired) electrons. The van der Waals surface area contributed by atoms with E-state index in [1.165, 1.54) is 0 Å². The molecular formula is C8H14N2O7S. The van der Waals surface area contributed by atoms with Crippen LogP contribution in [0.3, 0.4) is 0 Å². The maximum Gasteiger partial charge on any atom is 0.322 e. The number of nitrogens with zero attached hydrogens (tertiary/aromatic N) is 1. The minimum Gasteiger partial charge on any atom is -0.481 e. The Bertz CT molecular complexity index is 415. The molecule has 0 unspecified atom stereocenters. The lowest BCUT2D eigenvalue weighted by atomic mass is 10.2. The number of hydrogen-bond acceptors (Lipinski definition) is 5. The first-order valence-electron chi connectivity index (χ1n) is 5.12. The van der Waals surface area contributed by atoms with Gasteiger partial charge in [-0.25, -0.2) is 0 Å². The van der Waals surface area contributed by atoms with Crippen molar-refractivity contribution in [2.45, 2.75) is 12.5 Å². The van der Waals surface area contributed by atoms with Gasteiger partial charge in [-0.2, -0.15) is 17.4 Å². The summed E-state index contributed by atoms with van der Waals surface area (Å²) in [5.74, 6) is -2.93. The lowest BCUT2D eigenvalue weighted by Gasteiger charge is -2.27. The molecule has 1 rings (SSSR count). The Labute approximate surface area is 104 Å². The largest absolute Gasteiger partial charge is 0.481 e. The highest BCUT2D eigenvalue weighted by Crippen LogP contribution is 2.05. The SMILES string of the molecule is O=C(O)C[C@H](NS(=O)(=O)N1CCOCC1)C(=O)O. The van der Waals surface area contributed by atoms with Crippen LogP contribution in [-0.2, 0) is 24.5 Å². The van der Waals surface area contributed by atoms with Gasteiger partial charge in [0.25, 0.3) is 10.2 Å². The molecule has 0 saturated carbocycles. The minimum atomic E-state index is -4.01. The average molecular weight is 282 g/mol. The third kappa shape index (κ3) is 4.22. The molecule has 1 saturated heterocycles. The van der Waals surface area contributed by atoms with Crippen molar-refractivity contribution in [3.8, 4) is 0 Å². The Hall–Kier alpha value is -1.23. The molecule has 1 aliphatic heterocycles. The van der Waals surface area contributed by atoms with Gasteiger partial charge in [0.05, 0.1) is 19.6 Å². The number of carbonyl (C=O) groups is 2. The van der Waals surface area contributed by atoms with Crippen LogP contribution in [0.4, 0.5) is 0 Å². The normalized spacial score (nSPS) is 19.3. The second kappa shape index (κ2) is 6.09. The molecule has 1 heterocycles. The first-order valence-corrected chi connectivity index (χ1v) is 6.56. The standard InChI is InChI=1S/C8H14N2O7S/c11-7(12)5-6(8(13)14)9-18(15,16)10-1-3-17-4-2-10/h6,9H,1-5H2,(H,11,12)(H,13,14)/t6-/m0/s1. The van der Waals surface area contributed by atoms with Gasteiger partial charge >= 0.3 is 11.9 Å². The van der Waals surface area contributed by atoms with Crippen LogP contribution in [-0.4, -0.2) is 67.2 Å². The molecule has 10 heteroatoms. The van der Waals surface area contributed by atoms with Crippen LogP contribution in [0.5, 0.6) is 0 Å². The van der Waals surface area contributed by atoms with Crippen LogP contribution in [0.1, 0.15) is 6.42 Å². The van der Waals surface area contributed by atoms with E-state index in [2.05, 4.69) is 0 Å². The second-order valence-corrected chi connectivity index (χ2v) is 5.33. The fraction of sp³-hybridized carbons (Fsp3) is 0.750. The third-order valence-corrected chi connectivity index (χ3v) is 3.91. The van der Waals surface area contributed by atoms with Gasteiger partial charge in [-0.3, -0.25) is 9.59 Å². The molecule has 1 fully saturated rings. The summed E-state index contributed by atoms with van der Waals surface area (Å²) in [5.41, 5.74) is 0. The van der Waals surface area contributed by atoms with E-state index >= 15 is 0 Å². The van der Waals surface area contributed by atoms with E-state index < -0.39 is 34.6 Å². The zero-order valence-corrected chi connectivity index (χ0v) is 10.2. The fourth-order valence-corrected chi connectivity index (χ4v) is 2.72. The van der Waals surface area contributed by atoms with Crippen LogP contribution >= 0.6 is 0 Å². The first kappa shape index (κ1) is 14.8. The van der Waals surface area contributed by atoms with Gasteiger partial charge < -0.3 is 14.9 Å². The molecule has 0 aromatic heterocycles. The predicted molar refractivity (Wildman–Crippen MR) is 58.1 cm³/mol. The summed E-state index contributed by atoms with van der Waals surface area (Å²) in [4.78, 5) is 21.2. The molecule has 3 N–H and O–H groups in total. The molecule has 1 aliphatic rings. The number of ether oxygens (including phenoxy) is 1. The Balaban J connectivity index is 2.71. The van der Waals surface area contributed by atoms with Gasteiger partial charge in [-0.1, -0.05) is 0 Å². The molecule has 0 aromatic carbocycles. The van der Waals surface area contributed by atoms with E-state index in [9.17, 15) is 18.0 Å². The quantitative estimate of drug-likeness (QED) is 0.517. The van der Waals surface area contributed by atoms with Crippen molar-refractivity contribution in [2.24, 2.45) is 0 Å². The lowest BCUT2D eigenvalue weighted by Crippen LogP contribution is -2.52. The van der Waals surface area contributed by atoms with Crippen molar-refractivity contribution < 1.29 is 33.0 Å². The summed E-state index contributed by atoms with van der Waals surface area (Å²) in [5, 5.41) is 17.3. The summed E-state index contributed by atoms with van der Waals surface area (Å²) < 4.78 is 31.4. The Kier molecular flexibility index (Phi) is 5.02. The number of morpholine rings is 1. The van der Waals surface area contributed by atoms with E-state index in [1.807, 2.05) is 4.72 Å². The number of carboxylic acids is 2. The number of hydrogen-bond donors (Lipinski definition) is 3. The summed E-state index contributed by atoms with van der Waals surface area (Å²) >= 11 is 0. The van der Waals surface area contributed by atoms with Crippen molar-refractivity contribution in [2.75, 3.05) is 26.3 Å². The van der Waals surface area contributed by atoms with E-state index in [1.54, 1.807) is 0 Å². The van der Waals surface area contributed by atoms with Crippen LogP contribution in [0, 0.1) is 0 Å². The van der Waals surface area contributed by atoms with Crippen molar-refractivity contribution in [3.63, 3.8) is 0 Å². The third-order valence-electron chi connectivity index (χ3n) is 2.28. The van der Waals surface area contributed by atoms with Crippen molar-refractivity contribution >= 4 is 22.1 Å². The van der Waals surface area contributed by atoms with E-state index in [-0.39, 0.29) is 26.3 Å². The number of rotatable bonds is 6. The van der Waals surface area contributed by atoms with Gasteiger partial charge in [0, 0.05) is 13.1 Å². The molecule has 0 aromatic rings. The first-order chi connectivity index (χ1) is 8.33. The van der Waals surface area contributed by atoms with Crippen LogP contribution in [0.15, 0.2) is 0 Å². The van der Waals surface area contributed by atoms with E-state index in [0.29, 0.717) is 0 Å². The van der Waals surface area contributed by atoms with E-state index in [4.69, 9.17) is 14.9 Å². The fourth-order valence-electron chi connectivity index (χ4n) is 1.40. The molecule has 0 spiro atoms. The predicted octanol–water partition coefficient (Wildman–Crippen LogP) is -1.92. The molecule has 0 bridgehead atoms. The summed E-state index contributed by atoms with van der Waals surface area (Å²) in [6.45, 7) is 0.651. The number of aliphatic carboxylic acids is 2. The molecule has 18 heavy (non-hydrogen) atoms. The maximum atomic E-state index is 11.8. The molecule has 1 atom stereocenters. The highest BCUT2D eigenvalue weighted by Gasteiger charge is 2.31.